The van der Waals surface area contributed by atoms with Gasteiger partial charge in [-0.25, -0.2) is 0 Å². The summed E-state index contributed by atoms with van der Waals surface area (Å²) in [5.41, 5.74) is -3.36. The third-order valence-corrected chi connectivity index (χ3v) is 7.84. The molecule has 9 heteroatoms. The zero-order chi connectivity index (χ0) is 26.6. The van der Waals surface area contributed by atoms with E-state index in [0.717, 1.165) is 4.47 Å². The monoisotopic (exact) mass is 568 g/mol. The predicted molar refractivity (Wildman–Crippen MR) is 139 cm³/mol. The van der Waals surface area contributed by atoms with Gasteiger partial charge in [0.1, 0.15) is 17.6 Å². The number of aliphatic hydroxyl groups is 3. The van der Waals surface area contributed by atoms with Gasteiger partial charge < -0.3 is 30.1 Å². The minimum atomic E-state index is -2.08. The van der Waals surface area contributed by atoms with Crippen LogP contribution in [0.3, 0.4) is 0 Å². The summed E-state index contributed by atoms with van der Waals surface area (Å²) in [7, 11) is 1.45. The molecule has 5 atom stereocenters. The maximum atomic E-state index is 13.8. The number of carbonyl (C=O) groups is 1. The normalized spacial score (nSPS) is 28.2. The number of nitrogens with zero attached hydrogens (tertiary/aromatic N) is 1. The van der Waals surface area contributed by atoms with E-state index in [2.05, 4.69) is 26.2 Å². The zero-order valence-electron chi connectivity index (χ0n) is 20.7. The number of hydrogen-bond acceptors (Lipinski definition) is 7. The van der Waals surface area contributed by atoms with Crippen molar-refractivity contribution in [1.82, 2.24) is 10.3 Å². The molecule has 1 aliphatic heterocycles. The molecule has 5 rings (SSSR count). The van der Waals surface area contributed by atoms with Crippen molar-refractivity contribution >= 4 is 21.8 Å². The Bertz CT molecular complexity index is 1310. The van der Waals surface area contributed by atoms with Crippen LogP contribution in [-0.2, 0) is 16.0 Å². The fourth-order valence-corrected chi connectivity index (χ4v) is 6.07. The van der Waals surface area contributed by atoms with Crippen molar-refractivity contribution in [2.45, 2.75) is 42.7 Å². The van der Waals surface area contributed by atoms with Gasteiger partial charge in [0.2, 0.25) is 5.91 Å². The summed E-state index contributed by atoms with van der Waals surface area (Å²) < 4.78 is 13.0. The van der Waals surface area contributed by atoms with E-state index in [-0.39, 0.29) is 23.6 Å². The van der Waals surface area contributed by atoms with Crippen LogP contribution in [0.5, 0.6) is 11.5 Å². The zero-order valence-corrected chi connectivity index (χ0v) is 22.3. The van der Waals surface area contributed by atoms with Crippen molar-refractivity contribution in [1.29, 1.82) is 0 Å². The largest absolute Gasteiger partial charge is 0.495 e. The van der Waals surface area contributed by atoms with E-state index >= 15 is 0 Å². The number of aliphatic hydroxyl groups excluding tert-OH is 1. The highest BCUT2D eigenvalue weighted by Crippen LogP contribution is 2.69. The minimum absolute atomic E-state index is 0.0367. The smallest absolute Gasteiger partial charge is 0.226 e. The van der Waals surface area contributed by atoms with Crippen molar-refractivity contribution in [2.75, 3.05) is 13.7 Å². The molecular formula is C28H29BrN2O6. The van der Waals surface area contributed by atoms with Gasteiger partial charge in [0.05, 0.1) is 36.6 Å². The van der Waals surface area contributed by atoms with Crippen LogP contribution in [0, 0.1) is 5.92 Å². The highest BCUT2D eigenvalue weighted by Gasteiger charge is 2.78. The molecule has 4 N–H and O–H groups in total. The quantitative estimate of drug-likeness (QED) is 0.360. The molecular weight excluding hydrogens is 540 g/mol. The number of amides is 1. The summed E-state index contributed by atoms with van der Waals surface area (Å²) in [5, 5.41) is 37.7. The Kier molecular flexibility index (Phi) is 6.31. The van der Waals surface area contributed by atoms with Gasteiger partial charge in [-0.1, -0.05) is 58.4 Å². The first-order chi connectivity index (χ1) is 17.5. The van der Waals surface area contributed by atoms with Crippen LogP contribution in [0.2, 0.25) is 0 Å². The molecule has 3 aromatic rings. The van der Waals surface area contributed by atoms with E-state index in [9.17, 15) is 20.1 Å². The Hall–Kier alpha value is -2.98. The molecule has 1 aromatic heterocycles. The maximum Gasteiger partial charge on any atom is 0.226 e. The Morgan fingerprint density at radius 2 is 1.84 bits per heavy atom. The molecule has 2 aromatic carbocycles. The molecule has 0 saturated heterocycles. The molecule has 1 aliphatic carbocycles. The minimum Gasteiger partial charge on any atom is -0.495 e. The van der Waals surface area contributed by atoms with E-state index in [1.54, 1.807) is 26.0 Å². The topological polar surface area (TPSA) is 121 Å². The van der Waals surface area contributed by atoms with Crippen LogP contribution >= 0.6 is 15.9 Å². The highest BCUT2D eigenvalue weighted by molar-refractivity contribution is 9.10. The number of fused-ring (bicyclic) bond motifs is 3. The average Bonchev–Trinajstić information content (AvgIpc) is 3.26. The third kappa shape index (κ3) is 3.84. The predicted octanol–water partition coefficient (Wildman–Crippen LogP) is 2.99. The molecule has 194 valence electrons. The van der Waals surface area contributed by atoms with Gasteiger partial charge >= 0.3 is 0 Å². The first-order valence-electron chi connectivity index (χ1n) is 12.0. The molecule has 2 heterocycles. The number of ether oxygens (including phenoxy) is 2. The van der Waals surface area contributed by atoms with E-state index in [1.807, 2.05) is 42.5 Å². The van der Waals surface area contributed by atoms with Gasteiger partial charge in [-0.05, 0) is 37.1 Å². The molecule has 0 spiro atoms. The Labute approximate surface area is 223 Å². The van der Waals surface area contributed by atoms with Gasteiger partial charge in [0.15, 0.2) is 11.2 Å². The standard InChI is InChI=1S/C28H29BrN2O6/c1-26(2,34)15-31-25(33)21-22(16-7-5-4-6-8-16)28(17-9-11-18(29)12-10-17)27(35,24(21)32)23-19(36-3)13-30-14-20(23)37-28/h4-14,21-22,24,32,34-35H,15H2,1-3H3,(H,31,33)/t21-,22-,24-,27+,28+/m1/s1. The fourth-order valence-electron chi connectivity index (χ4n) is 5.81. The second kappa shape index (κ2) is 9.09. The molecule has 1 saturated carbocycles. The second-order valence-electron chi connectivity index (χ2n) is 10.2. The lowest BCUT2D eigenvalue weighted by molar-refractivity contribution is -0.154. The van der Waals surface area contributed by atoms with E-state index < -0.39 is 40.7 Å². The number of aromatic nitrogens is 1. The molecule has 2 aliphatic rings. The molecule has 0 unspecified atom stereocenters. The first kappa shape index (κ1) is 25.7. The van der Waals surface area contributed by atoms with Crippen LogP contribution in [0.1, 0.15) is 36.5 Å². The first-order valence-corrected chi connectivity index (χ1v) is 12.8. The van der Waals surface area contributed by atoms with Crippen LogP contribution in [0.15, 0.2) is 71.5 Å². The molecule has 0 radical (unpaired) electrons. The van der Waals surface area contributed by atoms with E-state index in [4.69, 9.17) is 9.47 Å². The van der Waals surface area contributed by atoms with Crippen molar-refractivity contribution in [3.05, 3.63) is 88.2 Å². The fraction of sp³-hybridized carbons (Fsp3) is 0.357. The van der Waals surface area contributed by atoms with Gasteiger partial charge in [-0.2, -0.15) is 0 Å². The van der Waals surface area contributed by atoms with Crippen molar-refractivity contribution in [3.8, 4) is 11.5 Å². The van der Waals surface area contributed by atoms with Gasteiger partial charge in [0.25, 0.3) is 0 Å². The summed E-state index contributed by atoms with van der Waals surface area (Å²) in [5.74, 6) is -1.97. The lowest BCUT2D eigenvalue weighted by Gasteiger charge is -2.40. The molecule has 0 bridgehead atoms. The van der Waals surface area contributed by atoms with Crippen LogP contribution in [0.25, 0.3) is 0 Å². The lowest BCUT2D eigenvalue weighted by Crippen LogP contribution is -2.52. The SMILES string of the molecule is COc1cncc2c1[C@]1(O)[C@H](O)[C@H](C(=O)NCC(C)(C)O)[C@@H](c3ccccc3)[C@]1(c1ccc(Br)cc1)O2. The Morgan fingerprint density at radius 3 is 2.46 bits per heavy atom. The Morgan fingerprint density at radius 1 is 1.16 bits per heavy atom. The maximum absolute atomic E-state index is 13.8. The third-order valence-electron chi connectivity index (χ3n) is 7.31. The summed E-state index contributed by atoms with van der Waals surface area (Å²) in [6.45, 7) is 3.12. The lowest BCUT2D eigenvalue weighted by atomic mass is 9.70. The van der Waals surface area contributed by atoms with Crippen LogP contribution in [0.4, 0.5) is 0 Å². The summed E-state index contributed by atoms with van der Waals surface area (Å²) in [6.07, 6.45) is 1.33. The highest BCUT2D eigenvalue weighted by atomic mass is 79.9. The van der Waals surface area contributed by atoms with Gasteiger partial charge in [-0.3, -0.25) is 9.78 Å². The van der Waals surface area contributed by atoms with Gasteiger partial charge in [-0.15, -0.1) is 0 Å². The van der Waals surface area contributed by atoms with Crippen LogP contribution in [-0.4, -0.2) is 51.6 Å². The number of carbonyl (C=O) groups excluding carboxylic acids is 1. The number of pyridine rings is 1. The van der Waals surface area contributed by atoms with Crippen molar-refractivity contribution in [3.63, 3.8) is 0 Å². The molecule has 8 nitrogen and oxygen atoms in total. The van der Waals surface area contributed by atoms with Crippen LogP contribution < -0.4 is 14.8 Å². The number of hydrogen-bond donors (Lipinski definition) is 4. The van der Waals surface area contributed by atoms with E-state index in [1.165, 1.54) is 19.5 Å². The Balaban J connectivity index is 1.80. The molecule has 1 fully saturated rings. The number of rotatable bonds is 6. The number of benzene rings is 2. The summed E-state index contributed by atoms with van der Waals surface area (Å²) in [4.78, 5) is 18.0. The molecule has 37 heavy (non-hydrogen) atoms. The summed E-state index contributed by atoms with van der Waals surface area (Å²) in [6, 6.07) is 16.5. The number of halogens is 1. The molecule has 1 amide bonds. The van der Waals surface area contributed by atoms with Gasteiger partial charge in [0, 0.05) is 16.9 Å². The average molecular weight is 569 g/mol. The van der Waals surface area contributed by atoms with Crippen molar-refractivity contribution < 1.29 is 29.6 Å². The second-order valence-corrected chi connectivity index (χ2v) is 11.1. The van der Waals surface area contributed by atoms with Crippen molar-refractivity contribution in [2.24, 2.45) is 5.92 Å². The summed E-state index contributed by atoms with van der Waals surface area (Å²) >= 11 is 3.46. The van der Waals surface area contributed by atoms with E-state index in [0.29, 0.717) is 11.1 Å². The number of nitrogens with one attached hydrogen (secondary N) is 1. The number of methoxy groups -OCH3 is 1.